The van der Waals surface area contributed by atoms with Gasteiger partial charge in [-0.15, -0.1) is 5.10 Å². The van der Waals surface area contributed by atoms with Gasteiger partial charge < -0.3 is 9.47 Å². The number of carbonyl (C=O) groups is 1. The van der Waals surface area contributed by atoms with Crippen molar-refractivity contribution in [3.05, 3.63) is 60.4 Å². The molecule has 0 bridgehead atoms. The molecule has 0 aliphatic carbocycles. The summed E-state index contributed by atoms with van der Waals surface area (Å²) >= 11 is 0. The van der Waals surface area contributed by atoms with Gasteiger partial charge >= 0.3 is 0 Å². The van der Waals surface area contributed by atoms with Crippen LogP contribution >= 0.6 is 0 Å². The van der Waals surface area contributed by atoms with Gasteiger partial charge in [-0.1, -0.05) is 30.3 Å². The molecule has 8 nitrogen and oxygen atoms in total. The summed E-state index contributed by atoms with van der Waals surface area (Å²) in [5.41, 5.74) is 1.25. The van der Waals surface area contributed by atoms with E-state index in [9.17, 15) is 4.79 Å². The van der Waals surface area contributed by atoms with Crippen LogP contribution in [0.1, 0.15) is 36.6 Å². The summed E-state index contributed by atoms with van der Waals surface area (Å²) < 4.78 is 3.79. The summed E-state index contributed by atoms with van der Waals surface area (Å²) in [4.78, 5) is 19.2. The first-order valence-electron chi connectivity index (χ1n) is 9.33. The smallest absolute Gasteiger partial charge is 0.224 e. The van der Waals surface area contributed by atoms with E-state index in [-0.39, 0.29) is 11.8 Å². The van der Waals surface area contributed by atoms with Crippen molar-refractivity contribution in [3.63, 3.8) is 0 Å². The number of nitrogens with zero attached hydrogens (tertiary/aromatic N) is 7. The number of aryl methyl sites for hydroxylation is 1. The van der Waals surface area contributed by atoms with Crippen molar-refractivity contribution in [2.24, 2.45) is 0 Å². The van der Waals surface area contributed by atoms with Gasteiger partial charge in [0.05, 0.1) is 6.54 Å². The second-order valence-electron chi connectivity index (χ2n) is 6.90. The number of aromatic nitrogens is 6. The fraction of sp³-hybridized carbons (Fsp3) is 0.421. The maximum absolute atomic E-state index is 12.6. The quantitative estimate of drug-likeness (QED) is 0.664. The Labute approximate surface area is 157 Å². The SMILES string of the molecule is O=C(CCn1cnnn1)N1CCC[C@@H](c2nccn2Cc2ccccc2)C1. The molecule has 0 N–H and O–H groups in total. The number of hydrogen-bond donors (Lipinski definition) is 0. The van der Waals surface area contributed by atoms with Crippen molar-refractivity contribution < 1.29 is 4.79 Å². The van der Waals surface area contributed by atoms with E-state index in [1.165, 1.54) is 11.9 Å². The van der Waals surface area contributed by atoms with Crippen LogP contribution in [-0.2, 0) is 17.9 Å². The van der Waals surface area contributed by atoms with E-state index in [4.69, 9.17) is 0 Å². The molecule has 1 saturated heterocycles. The number of imidazole rings is 1. The Morgan fingerprint density at radius 1 is 1.22 bits per heavy atom. The molecule has 0 unspecified atom stereocenters. The van der Waals surface area contributed by atoms with Gasteiger partial charge in [-0.2, -0.15) is 0 Å². The summed E-state index contributed by atoms with van der Waals surface area (Å²) in [5.74, 6) is 1.49. The van der Waals surface area contributed by atoms with Crippen molar-refractivity contribution in [2.45, 2.75) is 38.3 Å². The molecule has 140 valence electrons. The van der Waals surface area contributed by atoms with Crippen LogP contribution in [0.4, 0.5) is 0 Å². The topological polar surface area (TPSA) is 81.7 Å². The summed E-state index contributed by atoms with van der Waals surface area (Å²) in [6, 6.07) is 10.4. The fourth-order valence-electron chi connectivity index (χ4n) is 3.66. The first-order valence-corrected chi connectivity index (χ1v) is 9.33. The highest BCUT2D eigenvalue weighted by Gasteiger charge is 2.27. The number of amides is 1. The lowest BCUT2D eigenvalue weighted by Crippen LogP contribution is -2.40. The number of benzene rings is 1. The Hall–Kier alpha value is -3.03. The standard InChI is InChI=1S/C19H23N7O/c27-18(8-11-26-15-21-22-23-26)24-10-4-7-17(14-24)19-20-9-12-25(19)13-16-5-2-1-3-6-16/h1-3,5-6,9,12,15,17H,4,7-8,10-11,13-14H2/t17-/m1/s1. The highest BCUT2D eigenvalue weighted by Crippen LogP contribution is 2.26. The van der Waals surface area contributed by atoms with E-state index in [1.807, 2.05) is 23.4 Å². The van der Waals surface area contributed by atoms with E-state index in [0.29, 0.717) is 13.0 Å². The monoisotopic (exact) mass is 365 g/mol. The molecule has 1 fully saturated rings. The molecule has 0 spiro atoms. The average Bonchev–Trinajstić information content (AvgIpc) is 3.39. The third-order valence-corrected chi connectivity index (χ3v) is 5.03. The van der Waals surface area contributed by atoms with Crippen molar-refractivity contribution in [1.29, 1.82) is 0 Å². The van der Waals surface area contributed by atoms with Gasteiger partial charge in [0.1, 0.15) is 12.2 Å². The van der Waals surface area contributed by atoms with Crippen molar-refractivity contribution in [2.75, 3.05) is 13.1 Å². The van der Waals surface area contributed by atoms with Gasteiger partial charge in [-0.25, -0.2) is 9.67 Å². The van der Waals surface area contributed by atoms with Crippen LogP contribution in [-0.4, -0.2) is 53.7 Å². The Bertz CT molecular complexity index is 859. The average molecular weight is 365 g/mol. The number of carbonyl (C=O) groups excluding carboxylic acids is 1. The van der Waals surface area contributed by atoms with Crippen molar-refractivity contribution in [1.82, 2.24) is 34.7 Å². The molecule has 27 heavy (non-hydrogen) atoms. The zero-order valence-electron chi connectivity index (χ0n) is 15.2. The lowest BCUT2D eigenvalue weighted by molar-refractivity contribution is -0.132. The van der Waals surface area contributed by atoms with E-state index >= 15 is 0 Å². The van der Waals surface area contributed by atoms with Crippen LogP contribution in [0.2, 0.25) is 0 Å². The molecule has 1 aliphatic heterocycles. The molecular weight excluding hydrogens is 342 g/mol. The van der Waals surface area contributed by atoms with E-state index in [2.05, 4.69) is 49.3 Å². The second-order valence-corrected chi connectivity index (χ2v) is 6.90. The highest BCUT2D eigenvalue weighted by atomic mass is 16.2. The zero-order valence-corrected chi connectivity index (χ0v) is 15.2. The van der Waals surface area contributed by atoms with Crippen molar-refractivity contribution in [3.8, 4) is 0 Å². The molecule has 0 radical (unpaired) electrons. The molecule has 1 aromatic carbocycles. The van der Waals surface area contributed by atoms with Gasteiger partial charge in [0.2, 0.25) is 5.91 Å². The normalized spacial score (nSPS) is 17.2. The Morgan fingerprint density at radius 3 is 2.93 bits per heavy atom. The Morgan fingerprint density at radius 2 is 2.11 bits per heavy atom. The third kappa shape index (κ3) is 4.21. The molecule has 0 saturated carbocycles. The molecule has 1 aliphatic rings. The van der Waals surface area contributed by atoms with Crippen LogP contribution < -0.4 is 0 Å². The van der Waals surface area contributed by atoms with Gasteiger partial charge in [-0.05, 0) is 28.8 Å². The van der Waals surface area contributed by atoms with Gasteiger partial charge in [0.25, 0.3) is 0 Å². The fourth-order valence-corrected chi connectivity index (χ4v) is 3.66. The lowest BCUT2D eigenvalue weighted by Gasteiger charge is -2.32. The highest BCUT2D eigenvalue weighted by molar-refractivity contribution is 5.76. The van der Waals surface area contributed by atoms with E-state index in [1.54, 1.807) is 4.68 Å². The van der Waals surface area contributed by atoms with Crippen LogP contribution in [0.15, 0.2) is 49.1 Å². The summed E-state index contributed by atoms with van der Waals surface area (Å²) in [6.45, 7) is 2.85. The molecule has 3 heterocycles. The van der Waals surface area contributed by atoms with Gasteiger partial charge in [0.15, 0.2) is 0 Å². The minimum Gasteiger partial charge on any atom is -0.342 e. The van der Waals surface area contributed by atoms with Crippen LogP contribution in [0.25, 0.3) is 0 Å². The summed E-state index contributed by atoms with van der Waals surface area (Å²) in [5, 5.41) is 11.0. The number of piperidine rings is 1. The number of tetrazole rings is 1. The maximum Gasteiger partial charge on any atom is 0.224 e. The molecule has 3 aromatic rings. The molecule has 4 rings (SSSR count). The Kier molecular flexibility index (Phi) is 5.22. The number of rotatable bonds is 6. The van der Waals surface area contributed by atoms with Gasteiger partial charge in [-0.3, -0.25) is 4.79 Å². The van der Waals surface area contributed by atoms with Crippen LogP contribution in [0, 0.1) is 0 Å². The van der Waals surface area contributed by atoms with E-state index in [0.717, 1.165) is 38.3 Å². The summed E-state index contributed by atoms with van der Waals surface area (Å²) in [7, 11) is 0. The largest absolute Gasteiger partial charge is 0.342 e. The zero-order chi connectivity index (χ0) is 18.5. The van der Waals surface area contributed by atoms with Crippen LogP contribution in [0.3, 0.4) is 0 Å². The maximum atomic E-state index is 12.6. The molecule has 8 heteroatoms. The minimum atomic E-state index is 0.149. The predicted molar refractivity (Wildman–Crippen MR) is 98.8 cm³/mol. The minimum absolute atomic E-state index is 0.149. The molecule has 1 amide bonds. The number of likely N-dealkylation sites (tertiary alicyclic amines) is 1. The molecular formula is C19H23N7O. The first kappa shape index (κ1) is 17.4. The first-order chi connectivity index (χ1) is 13.3. The van der Waals surface area contributed by atoms with Crippen LogP contribution in [0.5, 0.6) is 0 Å². The van der Waals surface area contributed by atoms with Crippen molar-refractivity contribution >= 4 is 5.91 Å². The predicted octanol–water partition coefficient (Wildman–Crippen LogP) is 1.71. The van der Waals surface area contributed by atoms with Gasteiger partial charge in [0, 0.05) is 44.4 Å². The molecule has 1 atom stereocenters. The Balaban J connectivity index is 1.40. The number of hydrogen-bond acceptors (Lipinski definition) is 5. The van der Waals surface area contributed by atoms with E-state index < -0.39 is 0 Å². The summed E-state index contributed by atoms with van der Waals surface area (Å²) in [6.07, 6.45) is 7.89. The second kappa shape index (κ2) is 8.11. The lowest BCUT2D eigenvalue weighted by atomic mass is 9.96. The molecule has 2 aromatic heterocycles. The third-order valence-electron chi connectivity index (χ3n) is 5.03.